The van der Waals surface area contributed by atoms with Gasteiger partial charge in [-0.2, -0.15) is 0 Å². The molecule has 0 spiro atoms. The molecule has 0 heterocycles. The highest BCUT2D eigenvalue weighted by molar-refractivity contribution is 5.73. The van der Waals surface area contributed by atoms with Gasteiger partial charge in [0.15, 0.2) is 0 Å². The number of hydrogen-bond acceptors (Lipinski definition) is 2. The van der Waals surface area contributed by atoms with Gasteiger partial charge in [0.2, 0.25) is 0 Å². The van der Waals surface area contributed by atoms with Crippen LogP contribution in [-0.4, -0.2) is 5.97 Å². The first kappa shape index (κ1) is 14.8. The number of unbranched alkanes of at least 4 members (excludes halogenated alkanes) is 1. The summed E-state index contributed by atoms with van der Waals surface area (Å²) < 4.78 is 5.32. The first-order valence-electron chi connectivity index (χ1n) is 7.69. The van der Waals surface area contributed by atoms with Gasteiger partial charge in [-0.15, -0.1) is 0 Å². The molecule has 1 aromatic carbocycles. The van der Waals surface area contributed by atoms with Crippen LogP contribution in [-0.2, 0) is 4.79 Å². The molecule has 0 radical (unpaired) electrons. The van der Waals surface area contributed by atoms with Gasteiger partial charge in [0, 0.05) is 6.42 Å². The van der Waals surface area contributed by atoms with Crippen molar-refractivity contribution >= 4 is 11.5 Å². The second-order valence-electron chi connectivity index (χ2n) is 5.71. The van der Waals surface area contributed by atoms with Crippen molar-refractivity contribution in [2.24, 2.45) is 5.92 Å². The summed E-state index contributed by atoms with van der Waals surface area (Å²) in [5.74, 6) is 1.32. The van der Waals surface area contributed by atoms with Gasteiger partial charge >= 0.3 is 5.97 Å². The van der Waals surface area contributed by atoms with Crippen LogP contribution in [0.25, 0.3) is 5.57 Å². The van der Waals surface area contributed by atoms with E-state index in [0.29, 0.717) is 12.2 Å². The summed E-state index contributed by atoms with van der Waals surface area (Å²) in [5.41, 5.74) is 2.68. The Morgan fingerprint density at radius 3 is 2.65 bits per heavy atom. The molecule has 0 bridgehead atoms. The van der Waals surface area contributed by atoms with Crippen molar-refractivity contribution < 1.29 is 9.53 Å². The number of rotatable bonds is 5. The predicted molar refractivity (Wildman–Crippen MR) is 82.6 cm³/mol. The summed E-state index contributed by atoms with van der Waals surface area (Å²) in [6, 6.07) is 7.92. The topological polar surface area (TPSA) is 26.3 Å². The standard InChI is InChI=1S/C18H24O2/c1-3-4-5-18(19)20-17-12-10-16(11-13-17)15-8-6-14(2)7-9-15/h8,10-14H,3-7,9H2,1-2H3. The molecule has 20 heavy (non-hydrogen) atoms. The normalized spacial score (nSPS) is 18.5. The molecule has 0 aromatic heterocycles. The van der Waals surface area contributed by atoms with Crippen LogP contribution in [0.3, 0.4) is 0 Å². The lowest BCUT2D eigenvalue weighted by Crippen LogP contribution is -2.07. The number of allylic oxidation sites excluding steroid dienone is 2. The maximum absolute atomic E-state index is 11.6. The van der Waals surface area contributed by atoms with Crippen LogP contribution in [0.5, 0.6) is 5.75 Å². The van der Waals surface area contributed by atoms with Crippen LogP contribution < -0.4 is 4.74 Å². The summed E-state index contributed by atoms with van der Waals surface area (Å²) in [7, 11) is 0. The molecule has 0 fully saturated rings. The van der Waals surface area contributed by atoms with Gasteiger partial charge in [-0.1, -0.05) is 38.5 Å². The van der Waals surface area contributed by atoms with Crippen LogP contribution in [0.1, 0.15) is 57.9 Å². The Labute approximate surface area is 121 Å². The van der Waals surface area contributed by atoms with Gasteiger partial charge in [0.1, 0.15) is 5.75 Å². The number of esters is 1. The quantitative estimate of drug-likeness (QED) is 0.558. The van der Waals surface area contributed by atoms with Crippen LogP contribution >= 0.6 is 0 Å². The maximum atomic E-state index is 11.6. The van der Waals surface area contributed by atoms with E-state index in [9.17, 15) is 4.79 Å². The van der Waals surface area contributed by atoms with Crippen molar-refractivity contribution in [1.29, 1.82) is 0 Å². The minimum atomic E-state index is -0.134. The molecule has 0 aliphatic heterocycles. The smallest absolute Gasteiger partial charge is 0.311 e. The predicted octanol–water partition coefficient (Wildman–Crippen LogP) is 4.99. The molecule has 0 amide bonds. The summed E-state index contributed by atoms with van der Waals surface area (Å²) >= 11 is 0. The summed E-state index contributed by atoms with van der Waals surface area (Å²) in [6.45, 7) is 4.37. The molecule has 2 nitrogen and oxygen atoms in total. The lowest BCUT2D eigenvalue weighted by molar-refractivity contribution is -0.134. The highest BCUT2D eigenvalue weighted by Crippen LogP contribution is 2.30. The summed E-state index contributed by atoms with van der Waals surface area (Å²) in [5, 5.41) is 0. The summed E-state index contributed by atoms with van der Waals surface area (Å²) in [4.78, 5) is 11.6. The van der Waals surface area contributed by atoms with Crippen molar-refractivity contribution in [2.45, 2.75) is 52.4 Å². The van der Waals surface area contributed by atoms with E-state index in [4.69, 9.17) is 4.74 Å². The molecular weight excluding hydrogens is 248 g/mol. The van der Waals surface area contributed by atoms with Gasteiger partial charge in [0.05, 0.1) is 0 Å². The lowest BCUT2D eigenvalue weighted by Gasteiger charge is -2.18. The van der Waals surface area contributed by atoms with Gasteiger partial charge in [-0.3, -0.25) is 4.79 Å². The average Bonchev–Trinajstić information content (AvgIpc) is 2.47. The van der Waals surface area contributed by atoms with Crippen molar-refractivity contribution in [3.8, 4) is 5.75 Å². The van der Waals surface area contributed by atoms with Gasteiger partial charge in [-0.25, -0.2) is 0 Å². The molecule has 1 atom stereocenters. The third-order valence-electron chi connectivity index (χ3n) is 3.86. The van der Waals surface area contributed by atoms with E-state index in [1.165, 1.54) is 24.0 Å². The van der Waals surface area contributed by atoms with Crippen LogP contribution in [0.2, 0.25) is 0 Å². The maximum Gasteiger partial charge on any atom is 0.311 e. The number of carbonyl (C=O) groups is 1. The van der Waals surface area contributed by atoms with E-state index in [-0.39, 0.29) is 5.97 Å². The fourth-order valence-corrected chi connectivity index (χ4v) is 2.47. The largest absolute Gasteiger partial charge is 0.427 e. The van der Waals surface area contributed by atoms with Crippen LogP contribution in [0.15, 0.2) is 30.3 Å². The van der Waals surface area contributed by atoms with Gasteiger partial charge < -0.3 is 4.74 Å². The molecule has 0 saturated heterocycles. The van der Waals surface area contributed by atoms with Crippen molar-refractivity contribution in [1.82, 2.24) is 0 Å². The zero-order valence-electron chi connectivity index (χ0n) is 12.5. The molecule has 1 aliphatic carbocycles. The van der Waals surface area contributed by atoms with E-state index in [2.05, 4.69) is 32.1 Å². The first-order valence-corrected chi connectivity index (χ1v) is 7.69. The molecule has 1 aromatic rings. The zero-order chi connectivity index (χ0) is 14.4. The summed E-state index contributed by atoms with van der Waals surface area (Å²) in [6.07, 6.45) is 8.33. The van der Waals surface area contributed by atoms with Crippen LogP contribution in [0, 0.1) is 5.92 Å². The molecule has 1 aliphatic rings. The Bertz CT molecular complexity index is 471. The SMILES string of the molecule is CCCCC(=O)Oc1ccc(C2=CCC(C)CC2)cc1. The van der Waals surface area contributed by atoms with Crippen LogP contribution in [0.4, 0.5) is 0 Å². The Morgan fingerprint density at radius 2 is 2.05 bits per heavy atom. The third kappa shape index (κ3) is 4.22. The fourth-order valence-electron chi connectivity index (χ4n) is 2.47. The monoisotopic (exact) mass is 272 g/mol. The third-order valence-corrected chi connectivity index (χ3v) is 3.86. The molecule has 0 N–H and O–H groups in total. The number of ether oxygens (including phenoxy) is 1. The second-order valence-corrected chi connectivity index (χ2v) is 5.71. The van der Waals surface area contributed by atoms with E-state index in [1.807, 2.05) is 12.1 Å². The Morgan fingerprint density at radius 1 is 1.30 bits per heavy atom. The minimum Gasteiger partial charge on any atom is -0.427 e. The van der Waals surface area contributed by atoms with Gasteiger partial charge in [-0.05, 0) is 54.9 Å². The first-order chi connectivity index (χ1) is 9.69. The molecule has 2 heteroatoms. The molecule has 108 valence electrons. The Kier molecular flexibility index (Phi) is 5.40. The highest BCUT2D eigenvalue weighted by Gasteiger charge is 2.11. The van der Waals surface area contributed by atoms with Crippen molar-refractivity contribution in [3.05, 3.63) is 35.9 Å². The van der Waals surface area contributed by atoms with E-state index in [1.54, 1.807) is 0 Å². The van der Waals surface area contributed by atoms with Crippen molar-refractivity contribution in [3.63, 3.8) is 0 Å². The zero-order valence-corrected chi connectivity index (χ0v) is 12.5. The molecule has 2 rings (SSSR count). The minimum absolute atomic E-state index is 0.134. The fraction of sp³-hybridized carbons (Fsp3) is 0.500. The number of carbonyl (C=O) groups excluding carboxylic acids is 1. The van der Waals surface area contributed by atoms with Crippen molar-refractivity contribution in [2.75, 3.05) is 0 Å². The van der Waals surface area contributed by atoms with E-state index >= 15 is 0 Å². The number of hydrogen-bond donors (Lipinski definition) is 0. The lowest BCUT2D eigenvalue weighted by atomic mass is 9.88. The molecule has 0 saturated carbocycles. The Balaban J connectivity index is 1.94. The second kappa shape index (κ2) is 7.28. The average molecular weight is 272 g/mol. The molecule has 1 unspecified atom stereocenters. The van der Waals surface area contributed by atoms with Gasteiger partial charge in [0.25, 0.3) is 0 Å². The molecular formula is C18H24O2. The highest BCUT2D eigenvalue weighted by atomic mass is 16.5. The number of benzene rings is 1. The van der Waals surface area contributed by atoms with E-state index < -0.39 is 0 Å². The Hall–Kier alpha value is -1.57. The van der Waals surface area contributed by atoms with E-state index in [0.717, 1.165) is 25.2 Å².